The summed E-state index contributed by atoms with van der Waals surface area (Å²) in [6.07, 6.45) is 4.19. The Morgan fingerprint density at radius 1 is 1.00 bits per heavy atom. The molecule has 5 heavy (non-hydrogen) atoms. The average Bonchev–Trinajstić information content (AvgIpc) is 1.76. The molecule has 0 aromatic carbocycles. The molecule has 1 aliphatic heterocycles. The highest BCUT2D eigenvalue weighted by atomic mass is 31.1. The average molecular weight is 85.1 g/mol. The topological polar surface area (TPSA) is 0 Å². The first-order valence-electron chi connectivity index (χ1n) is 1.67. The second kappa shape index (κ2) is 1.37. The van der Waals surface area contributed by atoms with Crippen molar-refractivity contribution in [3.8, 4) is 0 Å². The Hall–Kier alpha value is -0.0900. The molecule has 0 N–H and O–H groups in total. The van der Waals surface area contributed by atoms with Crippen molar-refractivity contribution in [2.75, 3.05) is 0 Å². The van der Waals surface area contributed by atoms with Gasteiger partial charge in [-0.25, -0.2) is 0 Å². The Morgan fingerprint density at radius 3 is 1.80 bits per heavy atom. The van der Waals surface area contributed by atoms with Crippen LogP contribution in [0.5, 0.6) is 0 Å². The fourth-order valence-corrected chi connectivity index (χ4v) is 0.962. The van der Waals surface area contributed by atoms with Crippen LogP contribution in [0.25, 0.3) is 0 Å². The van der Waals surface area contributed by atoms with Crippen molar-refractivity contribution in [3.63, 3.8) is 0 Å². The molecule has 0 fully saturated rings. The summed E-state index contributed by atoms with van der Waals surface area (Å²) in [5, 5.41) is 0. The van der Waals surface area contributed by atoms with E-state index in [0.29, 0.717) is 8.58 Å². The van der Waals surface area contributed by atoms with Crippen molar-refractivity contribution in [1.29, 1.82) is 0 Å². The van der Waals surface area contributed by atoms with Gasteiger partial charge in [-0.1, -0.05) is 0 Å². The molecule has 0 atom stereocenters. The van der Waals surface area contributed by atoms with Gasteiger partial charge in [0.25, 0.3) is 0 Å². The second-order valence-corrected chi connectivity index (χ2v) is 2.12. The van der Waals surface area contributed by atoms with Crippen molar-refractivity contribution in [3.05, 3.63) is 23.8 Å². The van der Waals surface area contributed by atoms with Crippen LogP contribution >= 0.6 is 8.58 Å². The van der Waals surface area contributed by atoms with Gasteiger partial charge in [0, 0.05) is 8.58 Å². The fraction of sp³-hybridized carbons (Fsp3) is 0. The summed E-state index contributed by atoms with van der Waals surface area (Å²) in [6, 6.07) is 0. The zero-order valence-corrected chi connectivity index (χ0v) is 4.04. The summed E-state index contributed by atoms with van der Waals surface area (Å²) >= 11 is 0. The molecule has 0 radical (unpaired) electrons. The molecule has 0 nitrogen and oxygen atoms in total. The summed E-state index contributed by atoms with van der Waals surface area (Å²) in [6.45, 7) is 0. The van der Waals surface area contributed by atoms with E-state index in [4.69, 9.17) is 0 Å². The van der Waals surface area contributed by atoms with Gasteiger partial charge in [-0.2, -0.15) is 0 Å². The number of rotatable bonds is 0. The minimum absolute atomic E-state index is 0.565. The highest BCUT2D eigenvalue weighted by molar-refractivity contribution is 7.45. The fourth-order valence-electron chi connectivity index (χ4n) is 0.321. The molecule has 0 aromatic rings. The Labute approximate surface area is 33.4 Å². The second-order valence-electron chi connectivity index (χ2n) is 0.962. The van der Waals surface area contributed by atoms with Crippen LogP contribution in [-0.2, 0) is 0 Å². The largest absolute Gasteiger partial charge is 0.0585 e. The van der Waals surface area contributed by atoms with E-state index in [-0.39, 0.29) is 0 Å². The third kappa shape index (κ3) is 0.592. The van der Waals surface area contributed by atoms with Crippen molar-refractivity contribution >= 4 is 8.58 Å². The van der Waals surface area contributed by atoms with Crippen molar-refractivity contribution < 1.29 is 0 Å². The Kier molecular flexibility index (Phi) is 0.855. The standard InChI is InChI=1S/C4H5P/c1-2-4-5-3-1/h1-5H/p+1. The van der Waals surface area contributed by atoms with Crippen LogP contribution in [0.4, 0.5) is 0 Å². The number of hydrogen-bond donors (Lipinski definition) is 0. The molecule has 0 aliphatic carbocycles. The van der Waals surface area contributed by atoms with Crippen LogP contribution in [-0.4, -0.2) is 0 Å². The van der Waals surface area contributed by atoms with Gasteiger partial charge in [0.2, 0.25) is 0 Å². The molecule has 1 rings (SSSR count). The molecule has 1 heteroatoms. The molecule has 0 saturated carbocycles. The van der Waals surface area contributed by atoms with E-state index in [9.17, 15) is 0 Å². The summed E-state index contributed by atoms with van der Waals surface area (Å²) in [4.78, 5) is 0. The van der Waals surface area contributed by atoms with Crippen LogP contribution in [0.15, 0.2) is 23.8 Å². The highest BCUT2D eigenvalue weighted by Gasteiger charge is 1.80. The predicted molar refractivity (Wildman–Crippen MR) is 28.0 cm³/mol. The van der Waals surface area contributed by atoms with Gasteiger partial charge in [0.05, 0.1) is 11.6 Å². The van der Waals surface area contributed by atoms with E-state index in [2.05, 4.69) is 23.8 Å². The third-order valence-electron chi connectivity index (χ3n) is 0.556. The molecule has 0 amide bonds. The first-order chi connectivity index (χ1) is 2.50. The van der Waals surface area contributed by atoms with Crippen LogP contribution < -0.4 is 0 Å². The Bertz CT molecular complexity index is 61.7. The molecule has 26 valence electrons. The maximum absolute atomic E-state index is 2.21. The normalized spacial score (nSPS) is 17.6. The van der Waals surface area contributed by atoms with Crippen LogP contribution in [0.1, 0.15) is 0 Å². The highest BCUT2D eigenvalue weighted by Crippen LogP contribution is 2.17. The van der Waals surface area contributed by atoms with E-state index in [1.807, 2.05) is 0 Å². The molecule has 0 saturated heterocycles. The van der Waals surface area contributed by atoms with Crippen LogP contribution in [0.2, 0.25) is 0 Å². The van der Waals surface area contributed by atoms with E-state index in [1.54, 1.807) is 0 Å². The maximum Gasteiger partial charge on any atom is 0.0585 e. The molecule has 0 bridgehead atoms. The van der Waals surface area contributed by atoms with Gasteiger partial charge in [-0.15, -0.1) is 0 Å². The van der Waals surface area contributed by atoms with E-state index < -0.39 is 0 Å². The summed E-state index contributed by atoms with van der Waals surface area (Å²) in [7, 11) is 0.565. The summed E-state index contributed by atoms with van der Waals surface area (Å²) in [5.41, 5.74) is 0. The van der Waals surface area contributed by atoms with E-state index in [1.165, 1.54) is 0 Å². The monoisotopic (exact) mass is 85.0 g/mol. The Balaban J connectivity index is 2.61. The molecular weight excluding hydrogens is 79.0 g/mol. The zero-order chi connectivity index (χ0) is 3.54. The minimum atomic E-state index is 0.565. The van der Waals surface area contributed by atoms with Gasteiger partial charge < -0.3 is 0 Å². The zero-order valence-electron chi connectivity index (χ0n) is 2.89. The summed E-state index contributed by atoms with van der Waals surface area (Å²) in [5.74, 6) is 4.42. The predicted octanol–water partition coefficient (Wildman–Crippen LogP) is 1.44. The lowest BCUT2D eigenvalue weighted by Gasteiger charge is -1.47. The minimum Gasteiger partial charge on any atom is -0.0240 e. The van der Waals surface area contributed by atoms with Gasteiger partial charge in [0.15, 0.2) is 0 Å². The SMILES string of the molecule is C1=C[PH2+]C=C1. The molecule has 0 spiro atoms. The van der Waals surface area contributed by atoms with E-state index in [0.717, 1.165) is 0 Å². The van der Waals surface area contributed by atoms with Crippen molar-refractivity contribution in [2.24, 2.45) is 0 Å². The molecular formula is C4H6P+. The van der Waals surface area contributed by atoms with Gasteiger partial charge in [0.1, 0.15) is 0 Å². The van der Waals surface area contributed by atoms with Gasteiger partial charge >= 0.3 is 0 Å². The first-order valence-corrected chi connectivity index (χ1v) is 3.00. The number of hydrogen-bond acceptors (Lipinski definition) is 0. The van der Waals surface area contributed by atoms with Gasteiger partial charge in [-0.05, 0) is 12.2 Å². The third-order valence-corrected chi connectivity index (χ3v) is 1.44. The smallest absolute Gasteiger partial charge is 0.0240 e. The van der Waals surface area contributed by atoms with Crippen LogP contribution in [0, 0.1) is 0 Å². The lowest BCUT2D eigenvalue weighted by molar-refractivity contribution is 2.15. The Morgan fingerprint density at radius 2 is 1.60 bits per heavy atom. The lowest BCUT2D eigenvalue weighted by atomic mass is 10.6. The van der Waals surface area contributed by atoms with Gasteiger partial charge in [-0.3, -0.25) is 0 Å². The first kappa shape index (κ1) is 3.11. The molecule has 1 aliphatic rings. The van der Waals surface area contributed by atoms with Crippen LogP contribution in [0.3, 0.4) is 0 Å². The molecule has 0 unspecified atom stereocenters. The van der Waals surface area contributed by atoms with Crippen molar-refractivity contribution in [1.82, 2.24) is 0 Å². The number of allylic oxidation sites excluding steroid dienone is 2. The maximum atomic E-state index is 2.21. The van der Waals surface area contributed by atoms with Crippen molar-refractivity contribution in [2.45, 2.75) is 0 Å². The molecule has 0 aromatic heterocycles. The summed E-state index contributed by atoms with van der Waals surface area (Å²) < 4.78 is 0. The molecule has 1 heterocycles. The quantitative estimate of drug-likeness (QED) is 0.390. The lowest BCUT2D eigenvalue weighted by Crippen LogP contribution is -1.21. The van der Waals surface area contributed by atoms with E-state index >= 15 is 0 Å².